The number of likely N-dealkylation sites (tertiary alicyclic amines) is 1. The van der Waals surface area contributed by atoms with Crippen LogP contribution >= 0.6 is 0 Å². The first-order valence-electron chi connectivity index (χ1n) is 6.79. The van der Waals surface area contributed by atoms with Gasteiger partial charge >= 0.3 is 5.97 Å². The van der Waals surface area contributed by atoms with E-state index >= 15 is 0 Å². The normalized spacial score (nSPS) is 15.1. The van der Waals surface area contributed by atoms with Gasteiger partial charge in [-0.3, -0.25) is 9.59 Å². The summed E-state index contributed by atoms with van der Waals surface area (Å²) in [7, 11) is 0. The average Bonchev–Trinajstić information content (AvgIpc) is 2.46. The topological polar surface area (TPSA) is 79.6 Å². The molecule has 1 fully saturated rings. The Labute approximate surface area is 116 Å². The summed E-state index contributed by atoms with van der Waals surface area (Å²) in [4.78, 5) is 36.3. The number of aromatic carboxylic acids is 1. The van der Waals surface area contributed by atoms with Crippen molar-refractivity contribution in [3.63, 3.8) is 0 Å². The fraction of sp³-hybridized carbons (Fsp3) is 0.500. The largest absolute Gasteiger partial charge is 0.478 e. The standard InChI is InChI=1S/C14H18N2O4/c17-12-5-4-11(14(19)20)10-16(12)9-6-13(18)15-7-2-1-3-8-15/h4-5,10H,1-3,6-9H2,(H,19,20). The summed E-state index contributed by atoms with van der Waals surface area (Å²) in [5.74, 6) is -1.06. The SMILES string of the molecule is O=C(O)c1ccc(=O)n(CCC(=O)N2CCCCC2)c1. The third kappa shape index (κ3) is 3.46. The number of pyridine rings is 1. The molecule has 0 spiro atoms. The highest BCUT2D eigenvalue weighted by Crippen LogP contribution is 2.10. The Bertz CT molecular complexity index is 559. The van der Waals surface area contributed by atoms with E-state index < -0.39 is 5.97 Å². The smallest absolute Gasteiger partial charge is 0.337 e. The van der Waals surface area contributed by atoms with Crippen molar-refractivity contribution in [1.82, 2.24) is 9.47 Å². The molecule has 0 aromatic carbocycles. The van der Waals surface area contributed by atoms with Gasteiger partial charge in [-0.1, -0.05) is 0 Å². The maximum atomic E-state index is 12.0. The Balaban J connectivity index is 1.99. The van der Waals surface area contributed by atoms with E-state index in [4.69, 9.17) is 5.11 Å². The highest BCUT2D eigenvalue weighted by Gasteiger charge is 2.16. The Morgan fingerprint density at radius 1 is 1.15 bits per heavy atom. The molecule has 1 saturated heterocycles. The molecule has 108 valence electrons. The van der Waals surface area contributed by atoms with Gasteiger partial charge in [0.15, 0.2) is 0 Å². The Morgan fingerprint density at radius 3 is 2.50 bits per heavy atom. The van der Waals surface area contributed by atoms with E-state index in [0.717, 1.165) is 32.4 Å². The van der Waals surface area contributed by atoms with Gasteiger partial charge in [0.05, 0.1) is 5.56 Å². The lowest BCUT2D eigenvalue weighted by molar-refractivity contribution is -0.132. The van der Waals surface area contributed by atoms with E-state index in [1.165, 1.54) is 22.9 Å². The van der Waals surface area contributed by atoms with E-state index in [2.05, 4.69) is 0 Å². The van der Waals surface area contributed by atoms with E-state index in [0.29, 0.717) is 0 Å². The Hall–Kier alpha value is -2.11. The van der Waals surface area contributed by atoms with Gasteiger partial charge in [-0.15, -0.1) is 0 Å². The first-order chi connectivity index (χ1) is 9.58. The minimum absolute atomic E-state index is 0.0253. The molecule has 6 nitrogen and oxygen atoms in total. The van der Waals surface area contributed by atoms with Crippen LogP contribution in [0.25, 0.3) is 0 Å². The molecule has 1 N–H and O–H groups in total. The lowest BCUT2D eigenvalue weighted by Crippen LogP contribution is -2.36. The minimum Gasteiger partial charge on any atom is -0.478 e. The van der Waals surface area contributed by atoms with Gasteiger partial charge in [-0.25, -0.2) is 4.79 Å². The zero-order chi connectivity index (χ0) is 14.5. The molecule has 0 radical (unpaired) electrons. The van der Waals surface area contributed by atoms with Crippen LogP contribution in [-0.4, -0.2) is 39.5 Å². The number of hydrogen-bond donors (Lipinski definition) is 1. The second kappa shape index (κ2) is 6.36. The van der Waals surface area contributed by atoms with Crippen molar-refractivity contribution in [2.75, 3.05) is 13.1 Å². The second-order valence-electron chi connectivity index (χ2n) is 4.95. The van der Waals surface area contributed by atoms with Crippen molar-refractivity contribution in [1.29, 1.82) is 0 Å². The van der Waals surface area contributed by atoms with Crippen LogP contribution in [0, 0.1) is 0 Å². The molecular formula is C14H18N2O4. The van der Waals surface area contributed by atoms with Crippen LogP contribution in [0.2, 0.25) is 0 Å². The lowest BCUT2D eigenvalue weighted by Gasteiger charge is -2.26. The fourth-order valence-electron chi connectivity index (χ4n) is 2.35. The molecular weight excluding hydrogens is 260 g/mol. The molecule has 0 saturated carbocycles. The number of piperidine rings is 1. The highest BCUT2D eigenvalue weighted by atomic mass is 16.4. The number of nitrogens with zero attached hydrogens (tertiary/aromatic N) is 2. The zero-order valence-corrected chi connectivity index (χ0v) is 11.2. The fourth-order valence-corrected chi connectivity index (χ4v) is 2.35. The van der Waals surface area contributed by atoms with Gasteiger partial charge in [0, 0.05) is 38.3 Å². The molecule has 0 unspecified atom stereocenters. The summed E-state index contributed by atoms with van der Waals surface area (Å²) in [6.45, 7) is 1.78. The molecule has 0 bridgehead atoms. The van der Waals surface area contributed by atoms with E-state index in [9.17, 15) is 14.4 Å². The molecule has 1 aliphatic rings. The van der Waals surface area contributed by atoms with Crippen molar-refractivity contribution in [2.24, 2.45) is 0 Å². The number of carboxylic acids is 1. The molecule has 0 atom stereocenters. The number of aromatic nitrogens is 1. The number of aryl methyl sites for hydroxylation is 1. The predicted molar refractivity (Wildman–Crippen MR) is 72.7 cm³/mol. The van der Waals surface area contributed by atoms with Gasteiger partial charge in [-0.05, 0) is 25.3 Å². The molecule has 2 heterocycles. The summed E-state index contributed by atoms with van der Waals surface area (Å²) in [5, 5.41) is 8.89. The van der Waals surface area contributed by atoms with Crippen molar-refractivity contribution < 1.29 is 14.7 Å². The summed E-state index contributed by atoms with van der Waals surface area (Å²) in [6, 6.07) is 2.49. The summed E-state index contributed by atoms with van der Waals surface area (Å²) in [6.07, 6.45) is 4.72. The van der Waals surface area contributed by atoms with Crippen LogP contribution in [0.5, 0.6) is 0 Å². The minimum atomic E-state index is -1.08. The van der Waals surface area contributed by atoms with Crippen LogP contribution in [0.3, 0.4) is 0 Å². The summed E-state index contributed by atoms with van der Waals surface area (Å²) >= 11 is 0. The van der Waals surface area contributed by atoms with Crippen LogP contribution in [0.4, 0.5) is 0 Å². The van der Waals surface area contributed by atoms with Crippen molar-refractivity contribution in [3.05, 3.63) is 34.2 Å². The first kappa shape index (κ1) is 14.3. The maximum absolute atomic E-state index is 12.0. The van der Waals surface area contributed by atoms with Gasteiger partial charge in [0.1, 0.15) is 0 Å². The van der Waals surface area contributed by atoms with Crippen molar-refractivity contribution in [2.45, 2.75) is 32.2 Å². The van der Waals surface area contributed by atoms with Gasteiger partial charge in [0.25, 0.3) is 5.56 Å². The average molecular weight is 278 g/mol. The molecule has 1 aromatic heterocycles. The molecule has 20 heavy (non-hydrogen) atoms. The number of rotatable bonds is 4. The molecule has 6 heteroatoms. The van der Waals surface area contributed by atoms with Gasteiger partial charge < -0.3 is 14.6 Å². The van der Waals surface area contributed by atoms with Crippen LogP contribution in [0.1, 0.15) is 36.0 Å². The highest BCUT2D eigenvalue weighted by molar-refractivity contribution is 5.87. The quantitative estimate of drug-likeness (QED) is 0.889. The number of hydrogen-bond acceptors (Lipinski definition) is 3. The third-order valence-corrected chi connectivity index (χ3v) is 3.51. The van der Waals surface area contributed by atoms with E-state index in [1.807, 2.05) is 4.90 Å². The van der Waals surface area contributed by atoms with Crippen molar-refractivity contribution in [3.8, 4) is 0 Å². The maximum Gasteiger partial charge on any atom is 0.337 e. The third-order valence-electron chi connectivity index (χ3n) is 3.51. The van der Waals surface area contributed by atoms with Crippen molar-refractivity contribution >= 4 is 11.9 Å². The number of carbonyl (C=O) groups excluding carboxylic acids is 1. The second-order valence-corrected chi connectivity index (χ2v) is 4.95. The van der Waals surface area contributed by atoms with Crippen LogP contribution < -0.4 is 5.56 Å². The molecule has 1 aromatic rings. The van der Waals surface area contributed by atoms with Crippen LogP contribution in [0.15, 0.2) is 23.1 Å². The predicted octanol–water partition coefficient (Wildman–Crippen LogP) is 0.949. The number of carboxylic acid groups (broad SMARTS) is 1. The van der Waals surface area contributed by atoms with E-state index in [1.54, 1.807) is 0 Å². The monoisotopic (exact) mass is 278 g/mol. The molecule has 1 amide bonds. The first-order valence-corrected chi connectivity index (χ1v) is 6.79. The number of carbonyl (C=O) groups is 2. The summed E-state index contributed by atoms with van der Waals surface area (Å²) in [5.41, 5.74) is -0.239. The molecule has 2 rings (SSSR count). The zero-order valence-electron chi connectivity index (χ0n) is 11.2. The molecule has 1 aliphatic heterocycles. The Kier molecular flexibility index (Phi) is 4.55. The summed E-state index contributed by atoms with van der Waals surface area (Å²) < 4.78 is 1.28. The van der Waals surface area contributed by atoms with Gasteiger partial charge in [0.2, 0.25) is 5.91 Å². The molecule has 0 aliphatic carbocycles. The lowest BCUT2D eigenvalue weighted by atomic mass is 10.1. The van der Waals surface area contributed by atoms with Gasteiger partial charge in [-0.2, -0.15) is 0 Å². The number of amides is 1. The van der Waals surface area contributed by atoms with E-state index in [-0.39, 0.29) is 30.0 Å². The Morgan fingerprint density at radius 2 is 1.85 bits per heavy atom. The van der Waals surface area contributed by atoms with Crippen LogP contribution in [-0.2, 0) is 11.3 Å².